The summed E-state index contributed by atoms with van der Waals surface area (Å²) >= 11 is 0. The second-order valence-electron chi connectivity index (χ2n) is 9.64. The fraction of sp³-hybridized carbons (Fsp3) is 0.355. The number of hydrogen-bond donors (Lipinski definition) is 0. The molecule has 0 bridgehead atoms. The summed E-state index contributed by atoms with van der Waals surface area (Å²) in [6.45, 7) is 8.97. The molecule has 1 aliphatic carbocycles. The predicted molar refractivity (Wildman–Crippen MR) is 146 cm³/mol. The molecule has 2 aromatic carbocycles. The number of carbonyl (C=O) groups is 4. The average molecular weight is 569 g/mol. The third kappa shape index (κ3) is 9.90. The fourth-order valence-electron chi connectivity index (χ4n) is 4.09. The first-order valence-corrected chi connectivity index (χ1v) is 13.2. The maximum Gasteiger partial charge on any atom is 0.346 e. The molecule has 0 saturated heterocycles. The quantitative estimate of drug-likeness (QED) is 0.105. The van der Waals surface area contributed by atoms with Crippen LogP contribution in [0, 0.1) is 17.7 Å². The zero-order valence-electron chi connectivity index (χ0n) is 22.9. The van der Waals surface area contributed by atoms with Crippen molar-refractivity contribution in [3.8, 4) is 11.5 Å². The zero-order chi connectivity index (χ0) is 29.8. The topological polar surface area (TPSA) is 114 Å². The van der Waals surface area contributed by atoms with Gasteiger partial charge in [0.15, 0.2) is 0 Å². The number of hydrogen-bond acceptors (Lipinski definition) is 9. The molecule has 9 nitrogen and oxygen atoms in total. The Morgan fingerprint density at radius 2 is 1.46 bits per heavy atom. The normalized spacial score (nSPS) is 16.1. The Morgan fingerprint density at radius 3 is 2.05 bits per heavy atom. The van der Waals surface area contributed by atoms with Crippen molar-refractivity contribution in [1.82, 2.24) is 0 Å². The van der Waals surface area contributed by atoms with Gasteiger partial charge in [-0.15, -0.1) is 0 Å². The summed E-state index contributed by atoms with van der Waals surface area (Å²) in [6, 6.07) is 9.41. The van der Waals surface area contributed by atoms with Gasteiger partial charge in [-0.2, -0.15) is 0 Å². The van der Waals surface area contributed by atoms with Gasteiger partial charge >= 0.3 is 23.9 Å². The molecule has 0 radical (unpaired) electrons. The molecule has 0 N–H and O–H groups in total. The summed E-state index contributed by atoms with van der Waals surface area (Å²) in [6.07, 6.45) is 4.65. The van der Waals surface area contributed by atoms with E-state index < -0.39 is 29.7 Å². The molecule has 0 spiro atoms. The van der Waals surface area contributed by atoms with Crippen molar-refractivity contribution in [2.75, 3.05) is 26.4 Å². The Bertz CT molecular complexity index is 1260. The Hall–Kier alpha value is -4.47. The van der Waals surface area contributed by atoms with E-state index in [0.29, 0.717) is 12.5 Å². The van der Waals surface area contributed by atoms with Crippen LogP contribution in [0.15, 0.2) is 67.3 Å². The third-order valence-electron chi connectivity index (χ3n) is 6.44. The first-order chi connectivity index (χ1) is 19.7. The number of esters is 4. The van der Waals surface area contributed by atoms with Crippen LogP contribution in [0.5, 0.6) is 11.5 Å². The van der Waals surface area contributed by atoms with Crippen LogP contribution in [0.2, 0.25) is 0 Å². The van der Waals surface area contributed by atoms with Crippen LogP contribution in [-0.2, 0) is 23.8 Å². The molecule has 0 atom stereocenters. The molecule has 1 fully saturated rings. The van der Waals surface area contributed by atoms with Gasteiger partial charge in [-0.3, -0.25) is 0 Å². The van der Waals surface area contributed by atoms with Crippen LogP contribution in [0.3, 0.4) is 0 Å². The lowest BCUT2D eigenvalue weighted by Crippen LogP contribution is -2.23. The van der Waals surface area contributed by atoms with E-state index in [-0.39, 0.29) is 53.9 Å². The van der Waals surface area contributed by atoms with Gasteiger partial charge in [-0.05, 0) is 80.8 Å². The molecular formula is C31H33FO9. The SMILES string of the molecule is C=CC(=O)OCC1CCC(COC(=O)c2ccc(OC(=O)c3ccc(OCCOC(=O)C(=C)C)cc3F)cc2)CC1. The summed E-state index contributed by atoms with van der Waals surface area (Å²) in [5.41, 5.74) is 0.241. The third-order valence-corrected chi connectivity index (χ3v) is 6.44. The van der Waals surface area contributed by atoms with Crippen LogP contribution < -0.4 is 9.47 Å². The van der Waals surface area contributed by atoms with Crippen molar-refractivity contribution in [3.63, 3.8) is 0 Å². The Morgan fingerprint density at radius 1 is 0.854 bits per heavy atom. The summed E-state index contributed by atoms with van der Waals surface area (Å²) < 4.78 is 40.5. The summed E-state index contributed by atoms with van der Waals surface area (Å²) in [4.78, 5) is 47.5. The maximum atomic E-state index is 14.5. The van der Waals surface area contributed by atoms with Crippen molar-refractivity contribution in [3.05, 3.63) is 84.2 Å². The minimum absolute atomic E-state index is 0.00676. The molecule has 2 aromatic rings. The van der Waals surface area contributed by atoms with Crippen molar-refractivity contribution < 1.29 is 47.3 Å². The van der Waals surface area contributed by atoms with E-state index in [1.54, 1.807) is 0 Å². The fourth-order valence-corrected chi connectivity index (χ4v) is 4.09. The van der Waals surface area contributed by atoms with Gasteiger partial charge in [-0.25, -0.2) is 23.6 Å². The highest BCUT2D eigenvalue weighted by atomic mass is 19.1. The molecule has 0 aromatic heterocycles. The second-order valence-corrected chi connectivity index (χ2v) is 9.64. The molecule has 41 heavy (non-hydrogen) atoms. The van der Waals surface area contributed by atoms with E-state index in [1.807, 2.05) is 0 Å². The minimum atomic E-state index is -0.922. The zero-order valence-corrected chi connectivity index (χ0v) is 22.9. The summed E-state index contributed by atoms with van der Waals surface area (Å²) in [5.74, 6) is -2.44. The van der Waals surface area contributed by atoms with Crippen molar-refractivity contribution in [2.45, 2.75) is 32.6 Å². The minimum Gasteiger partial charge on any atom is -0.490 e. The molecular weight excluding hydrogens is 535 g/mol. The summed E-state index contributed by atoms with van der Waals surface area (Å²) in [7, 11) is 0. The van der Waals surface area contributed by atoms with Gasteiger partial charge in [0.25, 0.3) is 0 Å². The van der Waals surface area contributed by atoms with Crippen LogP contribution >= 0.6 is 0 Å². The van der Waals surface area contributed by atoms with Crippen molar-refractivity contribution in [2.24, 2.45) is 11.8 Å². The first kappa shape index (κ1) is 31.1. The van der Waals surface area contributed by atoms with E-state index in [2.05, 4.69) is 13.2 Å². The molecule has 1 saturated carbocycles. The highest BCUT2D eigenvalue weighted by Crippen LogP contribution is 2.29. The lowest BCUT2D eigenvalue weighted by atomic mass is 9.83. The Balaban J connectivity index is 1.41. The molecule has 218 valence electrons. The molecule has 0 amide bonds. The summed E-state index contributed by atoms with van der Waals surface area (Å²) in [5, 5.41) is 0. The maximum absolute atomic E-state index is 14.5. The second kappa shape index (κ2) is 15.4. The average Bonchev–Trinajstić information content (AvgIpc) is 2.97. The lowest BCUT2D eigenvalue weighted by molar-refractivity contribution is -0.140. The number of ether oxygens (including phenoxy) is 5. The van der Waals surface area contributed by atoms with Gasteiger partial charge < -0.3 is 23.7 Å². The van der Waals surface area contributed by atoms with Gasteiger partial charge in [0.05, 0.1) is 24.3 Å². The van der Waals surface area contributed by atoms with Gasteiger partial charge in [0.2, 0.25) is 0 Å². The molecule has 3 rings (SSSR count). The van der Waals surface area contributed by atoms with Gasteiger partial charge in [-0.1, -0.05) is 13.2 Å². The van der Waals surface area contributed by atoms with E-state index in [4.69, 9.17) is 23.7 Å². The number of benzene rings is 2. The van der Waals surface area contributed by atoms with Gasteiger partial charge in [0.1, 0.15) is 30.5 Å². The Kier molecular flexibility index (Phi) is 11.6. The highest BCUT2D eigenvalue weighted by molar-refractivity contribution is 5.92. The monoisotopic (exact) mass is 568 g/mol. The molecule has 1 aliphatic rings. The van der Waals surface area contributed by atoms with E-state index in [9.17, 15) is 23.6 Å². The Labute approximate surface area is 237 Å². The highest BCUT2D eigenvalue weighted by Gasteiger charge is 2.23. The van der Waals surface area contributed by atoms with Crippen LogP contribution in [0.25, 0.3) is 0 Å². The molecule has 0 aliphatic heterocycles. The van der Waals surface area contributed by atoms with Crippen molar-refractivity contribution >= 4 is 23.9 Å². The van der Waals surface area contributed by atoms with E-state index in [1.165, 1.54) is 43.3 Å². The van der Waals surface area contributed by atoms with E-state index >= 15 is 0 Å². The smallest absolute Gasteiger partial charge is 0.346 e. The molecule has 10 heteroatoms. The molecule has 0 heterocycles. The number of halogens is 1. The molecule has 0 unspecified atom stereocenters. The number of carbonyl (C=O) groups excluding carboxylic acids is 4. The number of rotatable bonds is 13. The van der Waals surface area contributed by atoms with Crippen LogP contribution in [0.1, 0.15) is 53.3 Å². The van der Waals surface area contributed by atoms with E-state index in [0.717, 1.165) is 37.8 Å². The van der Waals surface area contributed by atoms with Crippen LogP contribution in [0.4, 0.5) is 4.39 Å². The van der Waals surface area contributed by atoms with Crippen molar-refractivity contribution in [1.29, 1.82) is 0 Å². The standard InChI is InChI=1S/C31H33FO9/c1-4-28(33)39-18-21-5-7-22(8-6-21)19-40-30(35)23-9-11-24(12-10-23)41-31(36)26-14-13-25(17-27(26)32)37-15-16-38-29(34)20(2)3/h4,9-14,17,21-22H,1-2,5-8,15-16,18-19H2,3H3. The first-order valence-electron chi connectivity index (χ1n) is 13.2. The van der Waals surface area contributed by atoms with Gasteiger partial charge in [0, 0.05) is 17.7 Å². The van der Waals surface area contributed by atoms with Crippen LogP contribution in [-0.4, -0.2) is 50.3 Å². The predicted octanol–water partition coefficient (Wildman–Crippen LogP) is 5.24. The largest absolute Gasteiger partial charge is 0.490 e. The lowest BCUT2D eigenvalue weighted by Gasteiger charge is -2.27.